The van der Waals surface area contributed by atoms with Crippen molar-refractivity contribution in [3.8, 4) is 0 Å². The minimum absolute atomic E-state index is 0.0499. The normalized spacial score (nSPS) is 15.7. The van der Waals surface area contributed by atoms with Crippen molar-refractivity contribution in [2.24, 2.45) is 0 Å². The molecule has 1 aromatic carbocycles. The maximum Gasteiger partial charge on any atom is 0.173 e. The number of rotatable bonds is 0. The highest BCUT2D eigenvalue weighted by Gasteiger charge is 2.19. The van der Waals surface area contributed by atoms with E-state index in [9.17, 15) is 9.18 Å². The first kappa shape index (κ1) is 8.75. The Bertz CT molecular complexity index is 373. The molecule has 13 heavy (non-hydrogen) atoms. The molecule has 3 heteroatoms. The van der Waals surface area contributed by atoms with E-state index in [1.807, 2.05) is 6.92 Å². The first-order valence-electron chi connectivity index (χ1n) is 4.08. The number of Topliss-reactive ketones (excluding diaryl/α,β-unsaturated/α-hetero) is 1. The largest absolute Gasteiger partial charge is 0.293 e. The van der Waals surface area contributed by atoms with Crippen LogP contribution in [0.2, 0.25) is 0 Å². The summed E-state index contributed by atoms with van der Waals surface area (Å²) in [6.45, 7) is 1.85. The van der Waals surface area contributed by atoms with Gasteiger partial charge in [-0.1, -0.05) is 0 Å². The summed E-state index contributed by atoms with van der Waals surface area (Å²) in [6.07, 6.45) is 0. The third-order valence-electron chi connectivity index (χ3n) is 2.22. The number of benzene rings is 1. The van der Waals surface area contributed by atoms with E-state index in [2.05, 4.69) is 0 Å². The van der Waals surface area contributed by atoms with Crippen molar-refractivity contribution in [1.29, 1.82) is 0 Å². The van der Waals surface area contributed by atoms with Gasteiger partial charge in [0.1, 0.15) is 5.82 Å². The third-order valence-corrected chi connectivity index (χ3v) is 3.18. The first-order valence-corrected chi connectivity index (χ1v) is 5.24. The van der Waals surface area contributed by atoms with Crippen LogP contribution in [-0.2, 0) is 5.75 Å². The van der Waals surface area contributed by atoms with Crippen molar-refractivity contribution in [3.63, 3.8) is 0 Å². The summed E-state index contributed by atoms with van der Waals surface area (Å²) >= 11 is 1.59. The molecular weight excluding hydrogens is 187 g/mol. The fourth-order valence-corrected chi connectivity index (χ4v) is 2.57. The number of aryl methyl sites for hydroxylation is 1. The summed E-state index contributed by atoms with van der Waals surface area (Å²) in [7, 11) is 0. The summed E-state index contributed by atoms with van der Waals surface area (Å²) in [5, 5.41) is 0. The minimum Gasteiger partial charge on any atom is -0.293 e. The molecule has 2 rings (SSSR count). The summed E-state index contributed by atoms with van der Waals surface area (Å²) < 4.78 is 13.0. The predicted molar refractivity (Wildman–Crippen MR) is 51.6 cm³/mol. The van der Waals surface area contributed by atoms with Crippen LogP contribution in [0, 0.1) is 12.7 Å². The van der Waals surface area contributed by atoms with Gasteiger partial charge in [0, 0.05) is 11.3 Å². The van der Waals surface area contributed by atoms with Crippen molar-refractivity contribution in [3.05, 3.63) is 34.6 Å². The lowest BCUT2D eigenvalue weighted by Crippen LogP contribution is -2.13. The van der Waals surface area contributed by atoms with Crippen LogP contribution in [0.5, 0.6) is 0 Å². The smallest absolute Gasteiger partial charge is 0.173 e. The van der Waals surface area contributed by atoms with Gasteiger partial charge >= 0.3 is 0 Å². The van der Waals surface area contributed by atoms with E-state index in [0.29, 0.717) is 11.3 Å². The minimum atomic E-state index is -0.309. The van der Waals surface area contributed by atoms with Crippen LogP contribution >= 0.6 is 11.8 Å². The zero-order valence-electron chi connectivity index (χ0n) is 7.26. The number of carbonyl (C=O) groups is 1. The van der Waals surface area contributed by atoms with Crippen molar-refractivity contribution in [2.75, 3.05) is 5.75 Å². The second-order valence-corrected chi connectivity index (χ2v) is 4.15. The molecule has 1 aromatic rings. The van der Waals surface area contributed by atoms with E-state index < -0.39 is 0 Å². The van der Waals surface area contributed by atoms with Gasteiger partial charge in [-0.3, -0.25) is 4.79 Å². The number of hydrogen-bond acceptors (Lipinski definition) is 2. The van der Waals surface area contributed by atoms with Gasteiger partial charge in [0.15, 0.2) is 5.78 Å². The molecule has 0 saturated heterocycles. The molecule has 0 spiro atoms. The van der Waals surface area contributed by atoms with Crippen molar-refractivity contribution >= 4 is 17.5 Å². The summed E-state index contributed by atoms with van der Waals surface area (Å²) in [4.78, 5) is 11.4. The van der Waals surface area contributed by atoms with Gasteiger partial charge in [-0.25, -0.2) is 4.39 Å². The fraction of sp³-hybridized carbons (Fsp3) is 0.300. The van der Waals surface area contributed by atoms with E-state index in [1.165, 1.54) is 12.1 Å². The molecule has 0 aliphatic carbocycles. The van der Waals surface area contributed by atoms with Gasteiger partial charge in [0.25, 0.3) is 0 Å². The number of hydrogen-bond donors (Lipinski definition) is 0. The third kappa shape index (κ3) is 1.48. The second kappa shape index (κ2) is 3.14. The average molecular weight is 196 g/mol. The van der Waals surface area contributed by atoms with Crippen molar-refractivity contribution in [1.82, 2.24) is 0 Å². The number of fused-ring (bicyclic) bond motifs is 1. The molecule has 0 atom stereocenters. The maximum absolute atomic E-state index is 13.0. The quantitative estimate of drug-likeness (QED) is 0.634. The van der Waals surface area contributed by atoms with Crippen LogP contribution in [0.15, 0.2) is 12.1 Å². The zero-order chi connectivity index (χ0) is 9.42. The van der Waals surface area contributed by atoms with Gasteiger partial charge in [-0.15, -0.1) is 11.8 Å². The zero-order valence-corrected chi connectivity index (χ0v) is 8.08. The van der Waals surface area contributed by atoms with E-state index in [4.69, 9.17) is 0 Å². The topological polar surface area (TPSA) is 17.1 Å². The second-order valence-electron chi connectivity index (χ2n) is 3.16. The average Bonchev–Trinajstić information content (AvgIpc) is 2.07. The highest BCUT2D eigenvalue weighted by atomic mass is 32.2. The Kier molecular flexibility index (Phi) is 2.12. The summed E-state index contributed by atoms with van der Waals surface area (Å²) in [5.74, 6) is 1.05. The highest BCUT2D eigenvalue weighted by Crippen LogP contribution is 2.27. The SMILES string of the molecule is Cc1cc(F)cc2c1CSCC2=O. The Hall–Kier alpha value is -0.830. The van der Waals surface area contributed by atoms with E-state index >= 15 is 0 Å². The van der Waals surface area contributed by atoms with Gasteiger partial charge < -0.3 is 0 Å². The van der Waals surface area contributed by atoms with Gasteiger partial charge in [-0.05, 0) is 30.2 Å². The van der Waals surface area contributed by atoms with Crippen LogP contribution in [0.1, 0.15) is 21.5 Å². The Morgan fingerprint density at radius 3 is 2.92 bits per heavy atom. The molecule has 1 aliphatic heterocycles. The number of carbonyl (C=O) groups excluding carboxylic acids is 1. The van der Waals surface area contributed by atoms with Gasteiger partial charge in [-0.2, -0.15) is 0 Å². The lowest BCUT2D eigenvalue weighted by Gasteiger charge is -2.16. The molecule has 1 aliphatic rings. The molecule has 0 unspecified atom stereocenters. The maximum atomic E-state index is 13.0. The molecule has 1 heterocycles. The molecule has 0 bridgehead atoms. The van der Waals surface area contributed by atoms with E-state index in [-0.39, 0.29) is 11.6 Å². The van der Waals surface area contributed by atoms with Crippen LogP contribution in [-0.4, -0.2) is 11.5 Å². The molecule has 0 radical (unpaired) electrons. The molecule has 0 saturated carbocycles. The van der Waals surface area contributed by atoms with E-state index in [1.54, 1.807) is 11.8 Å². The Morgan fingerprint density at radius 2 is 2.15 bits per heavy atom. The van der Waals surface area contributed by atoms with Crippen LogP contribution in [0.4, 0.5) is 4.39 Å². The number of thioether (sulfide) groups is 1. The summed E-state index contributed by atoms with van der Waals surface area (Å²) in [6, 6.07) is 2.84. The fourth-order valence-electron chi connectivity index (χ4n) is 1.54. The molecule has 0 aromatic heterocycles. The van der Waals surface area contributed by atoms with Gasteiger partial charge in [0.2, 0.25) is 0 Å². The van der Waals surface area contributed by atoms with Crippen LogP contribution in [0.3, 0.4) is 0 Å². The standard InChI is InChI=1S/C10H9FOS/c1-6-2-7(11)3-8-9(6)4-13-5-10(8)12/h2-3H,4-5H2,1H3. The monoisotopic (exact) mass is 196 g/mol. The van der Waals surface area contributed by atoms with Crippen LogP contribution < -0.4 is 0 Å². The Balaban J connectivity index is 2.63. The lowest BCUT2D eigenvalue weighted by atomic mass is 10.00. The van der Waals surface area contributed by atoms with Crippen molar-refractivity contribution < 1.29 is 9.18 Å². The Morgan fingerprint density at radius 1 is 1.38 bits per heavy atom. The highest BCUT2D eigenvalue weighted by molar-refractivity contribution is 7.99. The molecule has 0 fully saturated rings. The summed E-state index contributed by atoms with van der Waals surface area (Å²) in [5.41, 5.74) is 2.47. The molecular formula is C10H9FOS. The van der Waals surface area contributed by atoms with Gasteiger partial charge in [0.05, 0.1) is 5.75 Å². The van der Waals surface area contributed by atoms with E-state index in [0.717, 1.165) is 16.9 Å². The number of halogens is 1. The predicted octanol–water partition coefficient (Wildman–Crippen LogP) is 2.56. The molecule has 0 N–H and O–H groups in total. The molecule has 68 valence electrons. The van der Waals surface area contributed by atoms with Crippen LogP contribution in [0.25, 0.3) is 0 Å². The molecule has 0 amide bonds. The first-order chi connectivity index (χ1) is 6.18. The molecule has 1 nitrogen and oxygen atoms in total. The Labute approximate surface area is 80.3 Å². The number of ketones is 1. The van der Waals surface area contributed by atoms with Crippen molar-refractivity contribution in [2.45, 2.75) is 12.7 Å². The lowest BCUT2D eigenvalue weighted by molar-refractivity contribution is 0.102.